The van der Waals surface area contributed by atoms with Crippen molar-refractivity contribution >= 4 is 62.2 Å². The van der Waals surface area contributed by atoms with Gasteiger partial charge in [0.05, 0.1) is 28.6 Å². The number of nitrogens with zero attached hydrogens (tertiary/aromatic N) is 2. The number of carbonyl (C=O) groups is 3. The van der Waals surface area contributed by atoms with Crippen LogP contribution in [0.5, 0.6) is 5.75 Å². The highest BCUT2D eigenvalue weighted by molar-refractivity contribution is 8.00. The Morgan fingerprint density at radius 2 is 1.68 bits per heavy atom. The predicted molar refractivity (Wildman–Crippen MR) is 162 cm³/mol. The van der Waals surface area contributed by atoms with E-state index in [1.807, 2.05) is 0 Å². The molecule has 226 valence electrons. The van der Waals surface area contributed by atoms with Crippen LogP contribution < -0.4 is 25.0 Å². The number of nitrogens with one attached hydrogen (secondary N) is 1. The summed E-state index contributed by atoms with van der Waals surface area (Å²) in [6, 6.07) is 17.3. The van der Waals surface area contributed by atoms with E-state index in [9.17, 15) is 32.0 Å². The maximum Gasteiger partial charge on any atom is 0.308 e. The van der Waals surface area contributed by atoms with Crippen molar-refractivity contribution in [3.63, 3.8) is 0 Å². The van der Waals surface area contributed by atoms with Gasteiger partial charge in [0.2, 0.25) is 27.7 Å². The van der Waals surface area contributed by atoms with Gasteiger partial charge in [-0.25, -0.2) is 22.8 Å². The number of carbonyl (C=O) groups excluding carboxylic acids is 3. The smallest absolute Gasteiger partial charge is 0.308 e. The van der Waals surface area contributed by atoms with E-state index in [1.165, 1.54) is 48.1 Å². The number of fused-ring (bicyclic) bond motifs is 2. The number of aromatic nitrogens is 1. The molecule has 1 saturated heterocycles. The zero-order chi connectivity index (χ0) is 31.3. The molecular weight excluding hydrogens is 632 g/mol. The number of thioether (sulfide) groups is 1. The number of hydrogen-bond acceptors (Lipinski definition) is 9. The van der Waals surface area contributed by atoms with Crippen LogP contribution in [0.25, 0.3) is 0 Å². The largest absolute Gasteiger partial charge is 0.496 e. The minimum absolute atomic E-state index is 0.127. The number of thiazole rings is 1. The highest BCUT2D eigenvalue weighted by atomic mass is 32.2. The van der Waals surface area contributed by atoms with E-state index in [0.717, 1.165) is 40.1 Å². The number of amides is 3. The van der Waals surface area contributed by atoms with Gasteiger partial charge in [0.15, 0.2) is 0 Å². The summed E-state index contributed by atoms with van der Waals surface area (Å²) in [5, 5.41) is 7.19. The molecule has 4 aromatic rings. The molecule has 11 nitrogen and oxygen atoms in total. The molecule has 0 spiro atoms. The molecule has 2 aliphatic heterocycles. The van der Waals surface area contributed by atoms with Crippen LogP contribution in [0.15, 0.2) is 87.5 Å². The molecule has 0 aliphatic carbocycles. The maximum atomic E-state index is 14.0. The van der Waals surface area contributed by atoms with Crippen molar-refractivity contribution in [1.29, 1.82) is 0 Å². The summed E-state index contributed by atoms with van der Waals surface area (Å²) < 4.78 is 43.6. The van der Waals surface area contributed by atoms with Crippen LogP contribution in [-0.4, -0.2) is 43.1 Å². The molecule has 3 heterocycles. The van der Waals surface area contributed by atoms with Gasteiger partial charge in [-0.15, -0.1) is 0 Å². The van der Waals surface area contributed by atoms with E-state index < -0.39 is 62.1 Å². The summed E-state index contributed by atoms with van der Waals surface area (Å²) in [5.41, 5.74) is 1.11. The Balaban J connectivity index is 1.39. The second-order valence-corrected chi connectivity index (χ2v) is 13.7. The number of nitrogens with two attached hydrogens (primary N) is 1. The summed E-state index contributed by atoms with van der Waals surface area (Å²) >= 11 is 1.92. The molecule has 3 N–H and O–H groups in total. The third-order valence-electron chi connectivity index (χ3n) is 7.38. The third kappa shape index (κ3) is 5.21. The summed E-state index contributed by atoms with van der Waals surface area (Å²) in [5.74, 6) is -3.30. The average Bonchev–Trinajstić information content (AvgIpc) is 3.43. The Morgan fingerprint density at radius 1 is 1.00 bits per heavy atom. The number of para-hydroxylation sites is 1. The van der Waals surface area contributed by atoms with Crippen molar-refractivity contribution in [3.05, 3.63) is 98.7 Å². The number of hydrogen-bond donors (Lipinski definition) is 2. The molecule has 3 atom stereocenters. The molecule has 3 aromatic carbocycles. The van der Waals surface area contributed by atoms with Crippen LogP contribution in [0, 0.1) is 11.7 Å². The Morgan fingerprint density at radius 3 is 2.34 bits per heavy atom. The minimum Gasteiger partial charge on any atom is -0.496 e. The molecule has 3 amide bonds. The van der Waals surface area contributed by atoms with Crippen molar-refractivity contribution in [2.75, 3.05) is 17.3 Å². The van der Waals surface area contributed by atoms with Crippen LogP contribution in [0.3, 0.4) is 0 Å². The first-order valence-electron chi connectivity index (χ1n) is 13.1. The predicted octanol–water partition coefficient (Wildman–Crippen LogP) is 3.14. The SMILES string of the molecule is COc1ccccc1C1c2sc(=O)n(CC(=O)Nc3ccc(S(N)(=O)=O)cc3)c2SC2C(=O)N(c3ccc(F)cc3)C(=O)C21. The summed E-state index contributed by atoms with van der Waals surface area (Å²) in [6.45, 7) is -0.408. The van der Waals surface area contributed by atoms with Gasteiger partial charge in [-0.05, 0) is 54.6 Å². The fourth-order valence-electron chi connectivity index (χ4n) is 5.43. The fraction of sp³-hybridized carbons (Fsp3) is 0.172. The first-order valence-corrected chi connectivity index (χ1v) is 16.3. The molecule has 0 bridgehead atoms. The van der Waals surface area contributed by atoms with Gasteiger partial charge < -0.3 is 10.1 Å². The lowest BCUT2D eigenvalue weighted by atomic mass is 9.82. The summed E-state index contributed by atoms with van der Waals surface area (Å²) in [6.07, 6.45) is 0. The number of primary sulfonamides is 1. The van der Waals surface area contributed by atoms with Gasteiger partial charge in [0.1, 0.15) is 23.4 Å². The van der Waals surface area contributed by atoms with Crippen LogP contribution in [0.2, 0.25) is 0 Å². The van der Waals surface area contributed by atoms with Crippen molar-refractivity contribution in [2.45, 2.75) is 27.6 Å². The van der Waals surface area contributed by atoms with Crippen molar-refractivity contribution < 1.29 is 31.9 Å². The van der Waals surface area contributed by atoms with E-state index in [2.05, 4.69) is 5.32 Å². The zero-order valence-electron chi connectivity index (χ0n) is 22.8. The number of halogens is 1. The second-order valence-electron chi connectivity index (χ2n) is 10.0. The van der Waals surface area contributed by atoms with Crippen molar-refractivity contribution in [1.82, 2.24) is 4.57 Å². The number of ether oxygens (including phenoxy) is 1. The molecule has 6 rings (SSSR count). The van der Waals surface area contributed by atoms with Crippen LogP contribution >= 0.6 is 23.1 Å². The molecule has 1 fully saturated rings. The fourth-order valence-corrected chi connectivity index (χ4v) is 8.71. The molecule has 15 heteroatoms. The molecule has 44 heavy (non-hydrogen) atoms. The van der Waals surface area contributed by atoms with Gasteiger partial charge in [-0.3, -0.25) is 23.7 Å². The lowest BCUT2D eigenvalue weighted by molar-refractivity contribution is -0.122. The van der Waals surface area contributed by atoms with Gasteiger partial charge in [-0.1, -0.05) is 41.3 Å². The number of benzene rings is 3. The van der Waals surface area contributed by atoms with Crippen LogP contribution in [0.4, 0.5) is 15.8 Å². The molecule has 1 aromatic heterocycles. The maximum absolute atomic E-state index is 14.0. The number of anilines is 2. The number of imide groups is 1. The van der Waals surface area contributed by atoms with Crippen LogP contribution in [0.1, 0.15) is 16.4 Å². The highest BCUT2D eigenvalue weighted by Gasteiger charge is 2.57. The lowest BCUT2D eigenvalue weighted by Crippen LogP contribution is -2.33. The van der Waals surface area contributed by atoms with E-state index in [1.54, 1.807) is 24.3 Å². The third-order valence-corrected chi connectivity index (χ3v) is 10.9. The van der Waals surface area contributed by atoms with E-state index in [0.29, 0.717) is 21.2 Å². The minimum atomic E-state index is -3.92. The molecule has 0 saturated carbocycles. The standard InChI is InChI=1S/C29H23FN4O7S3/c1-41-20-5-3-2-4-19(20)22-23-24(27(37)34(26(23)36)17-10-6-15(30)7-11-17)42-28-25(22)43-29(38)33(28)14-21(35)32-16-8-12-18(13-9-16)44(31,39)40/h2-13,22-24H,14H2,1H3,(H,32,35)(H2,31,39,40). The molecular formula is C29H23FN4O7S3. The number of rotatable bonds is 7. The first-order chi connectivity index (χ1) is 21.0. The van der Waals surface area contributed by atoms with Gasteiger partial charge >= 0.3 is 4.87 Å². The summed E-state index contributed by atoms with van der Waals surface area (Å²) in [7, 11) is -2.44. The zero-order valence-corrected chi connectivity index (χ0v) is 25.2. The Hall–Kier alpha value is -4.31. The number of methoxy groups -OCH3 is 1. The van der Waals surface area contributed by atoms with Crippen molar-refractivity contribution in [3.8, 4) is 5.75 Å². The first kappa shape index (κ1) is 29.7. The van der Waals surface area contributed by atoms with Gasteiger partial charge in [0.25, 0.3) is 0 Å². The molecule has 2 aliphatic rings. The number of sulfonamides is 1. The highest BCUT2D eigenvalue weighted by Crippen LogP contribution is 2.55. The Bertz CT molecular complexity index is 1970. The Labute approximate surface area is 258 Å². The van der Waals surface area contributed by atoms with Crippen LogP contribution in [-0.2, 0) is 31.0 Å². The monoisotopic (exact) mass is 654 g/mol. The average molecular weight is 655 g/mol. The lowest BCUT2D eigenvalue weighted by Gasteiger charge is -2.31. The van der Waals surface area contributed by atoms with E-state index in [4.69, 9.17) is 9.88 Å². The second kappa shape index (κ2) is 11.3. The van der Waals surface area contributed by atoms with Gasteiger partial charge in [-0.2, -0.15) is 0 Å². The normalized spacial score (nSPS) is 19.4. The summed E-state index contributed by atoms with van der Waals surface area (Å²) in [4.78, 5) is 55.1. The topological polar surface area (TPSA) is 158 Å². The Kier molecular flexibility index (Phi) is 7.65. The van der Waals surface area contributed by atoms with E-state index in [-0.39, 0.29) is 16.3 Å². The van der Waals surface area contributed by atoms with E-state index >= 15 is 0 Å². The quantitative estimate of drug-likeness (QED) is 0.288. The van der Waals surface area contributed by atoms with Gasteiger partial charge in [0, 0.05) is 22.0 Å². The molecule has 3 unspecified atom stereocenters. The van der Waals surface area contributed by atoms with Crippen molar-refractivity contribution in [2.24, 2.45) is 11.1 Å². The molecule has 0 radical (unpaired) electrons.